The summed E-state index contributed by atoms with van der Waals surface area (Å²) in [6.45, 7) is 0. The fourth-order valence-electron chi connectivity index (χ4n) is 2.72. The molecule has 0 radical (unpaired) electrons. The van der Waals surface area contributed by atoms with Crippen LogP contribution in [0.25, 0.3) is 28.1 Å². The lowest BCUT2D eigenvalue weighted by Gasteiger charge is -2.09. The minimum Gasteiger partial charge on any atom is -0.399 e. The summed E-state index contributed by atoms with van der Waals surface area (Å²) in [7, 11) is 0. The van der Waals surface area contributed by atoms with Gasteiger partial charge in [0.1, 0.15) is 0 Å². The molecule has 5 heteroatoms. The van der Waals surface area contributed by atoms with Crippen LogP contribution in [0.5, 0.6) is 0 Å². The van der Waals surface area contributed by atoms with Gasteiger partial charge in [-0.15, -0.1) is 0 Å². The van der Waals surface area contributed by atoms with Crippen LogP contribution in [0.4, 0.5) is 11.4 Å². The zero-order valence-electron chi connectivity index (χ0n) is 12.3. The molecule has 4 rings (SSSR count). The Morgan fingerprint density at radius 3 is 2.22 bits per heavy atom. The Morgan fingerprint density at radius 2 is 1.48 bits per heavy atom. The molecule has 0 aliphatic carbocycles. The Bertz CT molecular complexity index is 972. The van der Waals surface area contributed by atoms with Gasteiger partial charge >= 0.3 is 0 Å². The molecule has 0 aliphatic heterocycles. The third-order valence-corrected chi connectivity index (χ3v) is 3.78. The van der Waals surface area contributed by atoms with Gasteiger partial charge < -0.3 is 11.5 Å². The van der Waals surface area contributed by atoms with E-state index < -0.39 is 0 Å². The predicted octanol–water partition coefficient (Wildman–Crippen LogP) is 3.25. The number of aromatic nitrogens is 3. The molecule has 0 amide bonds. The first-order valence-electron chi connectivity index (χ1n) is 7.27. The first-order chi connectivity index (χ1) is 11.2. The topological polar surface area (TPSA) is 82.8 Å². The third kappa shape index (κ3) is 2.28. The van der Waals surface area contributed by atoms with Crippen molar-refractivity contribution in [1.29, 1.82) is 0 Å². The van der Waals surface area contributed by atoms with Crippen molar-refractivity contribution in [2.75, 3.05) is 11.5 Å². The van der Waals surface area contributed by atoms with Crippen LogP contribution in [0.15, 0.2) is 67.0 Å². The number of fused-ring (bicyclic) bond motifs is 1. The van der Waals surface area contributed by atoms with E-state index in [1.165, 1.54) is 0 Å². The molecule has 2 heterocycles. The SMILES string of the molecule is Nc1ccc(-c2cc3cc(N)ccc3n2-c2ncccn2)cc1. The van der Waals surface area contributed by atoms with E-state index >= 15 is 0 Å². The van der Waals surface area contributed by atoms with Crippen molar-refractivity contribution < 1.29 is 0 Å². The van der Waals surface area contributed by atoms with Gasteiger partial charge in [-0.25, -0.2) is 9.97 Å². The predicted molar refractivity (Wildman–Crippen MR) is 93.1 cm³/mol. The molecule has 5 nitrogen and oxygen atoms in total. The summed E-state index contributed by atoms with van der Waals surface area (Å²) in [4.78, 5) is 8.79. The maximum atomic E-state index is 5.92. The normalized spacial score (nSPS) is 11.0. The summed E-state index contributed by atoms with van der Waals surface area (Å²) in [6.07, 6.45) is 3.47. The average molecular weight is 301 g/mol. The Balaban J connectivity index is 2.04. The lowest BCUT2D eigenvalue weighted by atomic mass is 10.1. The molecule has 0 spiro atoms. The van der Waals surface area contributed by atoms with Gasteiger partial charge in [0.15, 0.2) is 0 Å². The molecule has 0 unspecified atom stereocenters. The van der Waals surface area contributed by atoms with Crippen molar-refractivity contribution in [3.05, 3.63) is 67.0 Å². The summed E-state index contributed by atoms with van der Waals surface area (Å²) >= 11 is 0. The number of nitrogens with two attached hydrogens (primary N) is 2. The Hall–Kier alpha value is -3.34. The van der Waals surface area contributed by atoms with Crippen LogP contribution in [0.3, 0.4) is 0 Å². The second-order valence-corrected chi connectivity index (χ2v) is 5.35. The van der Waals surface area contributed by atoms with E-state index in [2.05, 4.69) is 16.0 Å². The van der Waals surface area contributed by atoms with Crippen LogP contribution in [0, 0.1) is 0 Å². The molecule has 0 saturated carbocycles. The number of rotatable bonds is 2. The molecular weight excluding hydrogens is 286 g/mol. The van der Waals surface area contributed by atoms with E-state index in [0.29, 0.717) is 5.95 Å². The number of anilines is 2. The van der Waals surface area contributed by atoms with Crippen molar-refractivity contribution in [2.24, 2.45) is 0 Å². The van der Waals surface area contributed by atoms with Crippen LogP contribution in [0.1, 0.15) is 0 Å². The van der Waals surface area contributed by atoms with E-state index in [0.717, 1.165) is 33.5 Å². The summed E-state index contributed by atoms with van der Waals surface area (Å²) < 4.78 is 2.03. The monoisotopic (exact) mass is 301 g/mol. The molecule has 0 bridgehead atoms. The van der Waals surface area contributed by atoms with Crippen LogP contribution in [0.2, 0.25) is 0 Å². The van der Waals surface area contributed by atoms with Crippen LogP contribution >= 0.6 is 0 Å². The maximum absolute atomic E-state index is 5.92. The summed E-state index contributed by atoms with van der Waals surface area (Å²) in [5.41, 5.74) is 16.2. The highest BCUT2D eigenvalue weighted by Gasteiger charge is 2.14. The second-order valence-electron chi connectivity index (χ2n) is 5.35. The minimum atomic E-state index is 0.624. The Kier molecular flexibility index (Phi) is 2.98. The zero-order valence-corrected chi connectivity index (χ0v) is 12.3. The van der Waals surface area contributed by atoms with Crippen LogP contribution in [-0.4, -0.2) is 14.5 Å². The smallest absolute Gasteiger partial charge is 0.234 e. The van der Waals surface area contributed by atoms with Gasteiger partial charge in [0, 0.05) is 29.2 Å². The largest absolute Gasteiger partial charge is 0.399 e. The molecule has 0 saturated heterocycles. The number of nitrogens with zero attached hydrogens (tertiary/aromatic N) is 3. The fourth-order valence-corrected chi connectivity index (χ4v) is 2.72. The van der Waals surface area contributed by atoms with Gasteiger partial charge in [0.2, 0.25) is 5.95 Å². The number of hydrogen-bond donors (Lipinski definition) is 2. The summed E-state index contributed by atoms with van der Waals surface area (Å²) in [5.74, 6) is 0.624. The third-order valence-electron chi connectivity index (χ3n) is 3.78. The van der Waals surface area contributed by atoms with E-state index in [1.807, 2.05) is 47.0 Å². The highest BCUT2D eigenvalue weighted by atomic mass is 15.2. The quantitative estimate of drug-likeness (QED) is 0.557. The van der Waals surface area contributed by atoms with E-state index in [4.69, 9.17) is 11.5 Å². The highest BCUT2D eigenvalue weighted by Crippen LogP contribution is 2.31. The molecule has 23 heavy (non-hydrogen) atoms. The molecule has 0 fully saturated rings. The molecular formula is C18H15N5. The fraction of sp³-hybridized carbons (Fsp3) is 0. The summed E-state index contributed by atoms with van der Waals surface area (Å²) in [5, 5.41) is 1.05. The minimum absolute atomic E-state index is 0.624. The van der Waals surface area contributed by atoms with Crippen molar-refractivity contribution >= 4 is 22.3 Å². The molecule has 2 aromatic carbocycles. The molecule has 4 N–H and O–H groups in total. The molecule has 2 aromatic heterocycles. The number of nitrogen functional groups attached to an aromatic ring is 2. The Morgan fingerprint density at radius 1 is 0.783 bits per heavy atom. The Labute approximate surface area is 133 Å². The van der Waals surface area contributed by atoms with Crippen molar-refractivity contribution in [3.63, 3.8) is 0 Å². The van der Waals surface area contributed by atoms with Gasteiger partial charge in [-0.05, 0) is 48.0 Å². The second kappa shape index (κ2) is 5.14. The highest BCUT2D eigenvalue weighted by molar-refractivity contribution is 5.90. The van der Waals surface area contributed by atoms with E-state index in [-0.39, 0.29) is 0 Å². The van der Waals surface area contributed by atoms with Gasteiger partial charge in [0.25, 0.3) is 0 Å². The summed E-state index contributed by atoms with van der Waals surface area (Å²) in [6, 6.07) is 17.5. The van der Waals surface area contributed by atoms with Gasteiger partial charge in [-0.3, -0.25) is 4.57 Å². The average Bonchev–Trinajstić information content (AvgIpc) is 2.94. The van der Waals surface area contributed by atoms with Crippen LogP contribution < -0.4 is 11.5 Å². The molecule has 4 aromatic rings. The molecule has 0 aliphatic rings. The van der Waals surface area contributed by atoms with Crippen molar-refractivity contribution in [2.45, 2.75) is 0 Å². The molecule has 112 valence electrons. The maximum Gasteiger partial charge on any atom is 0.234 e. The van der Waals surface area contributed by atoms with E-state index in [1.54, 1.807) is 18.5 Å². The standard InChI is InChI=1S/C18H15N5/c19-14-4-2-12(3-5-14)17-11-13-10-15(20)6-7-16(13)23(17)18-21-8-1-9-22-18/h1-11H,19-20H2. The van der Waals surface area contributed by atoms with Crippen LogP contribution in [-0.2, 0) is 0 Å². The number of hydrogen-bond acceptors (Lipinski definition) is 4. The first-order valence-corrected chi connectivity index (χ1v) is 7.27. The van der Waals surface area contributed by atoms with Crippen molar-refractivity contribution in [1.82, 2.24) is 14.5 Å². The van der Waals surface area contributed by atoms with Gasteiger partial charge in [-0.1, -0.05) is 12.1 Å². The number of benzene rings is 2. The van der Waals surface area contributed by atoms with Gasteiger partial charge in [0.05, 0.1) is 11.2 Å². The zero-order chi connectivity index (χ0) is 15.8. The van der Waals surface area contributed by atoms with Gasteiger partial charge in [-0.2, -0.15) is 0 Å². The first kappa shape index (κ1) is 13.3. The van der Waals surface area contributed by atoms with E-state index in [9.17, 15) is 0 Å². The lowest BCUT2D eigenvalue weighted by molar-refractivity contribution is 0.968. The molecule has 0 atom stereocenters. The lowest BCUT2D eigenvalue weighted by Crippen LogP contribution is -2.02. The van der Waals surface area contributed by atoms with Crippen molar-refractivity contribution in [3.8, 4) is 17.2 Å².